The van der Waals surface area contributed by atoms with Crippen molar-refractivity contribution in [2.75, 3.05) is 11.9 Å². The lowest BCUT2D eigenvalue weighted by molar-refractivity contribution is -0.116. The molecule has 2 rings (SSSR count). The van der Waals surface area contributed by atoms with Gasteiger partial charge in [-0.25, -0.2) is 4.68 Å². The van der Waals surface area contributed by atoms with E-state index in [9.17, 15) is 4.79 Å². The molecule has 0 aliphatic heterocycles. The number of nitrogens with one attached hydrogen (secondary N) is 1. The Bertz CT molecular complexity index is 521. The largest absolute Gasteiger partial charge is 0.330 e. The van der Waals surface area contributed by atoms with Gasteiger partial charge in [-0.15, -0.1) is 0 Å². The Kier molecular flexibility index (Phi) is 4.69. The van der Waals surface area contributed by atoms with E-state index >= 15 is 0 Å². The van der Waals surface area contributed by atoms with Crippen molar-refractivity contribution in [1.29, 1.82) is 0 Å². The van der Waals surface area contributed by atoms with Gasteiger partial charge in [-0.05, 0) is 12.0 Å². The van der Waals surface area contributed by atoms with E-state index in [1.54, 1.807) is 16.9 Å². The smallest absolute Gasteiger partial charge is 0.226 e. The molecule has 0 aliphatic carbocycles. The van der Waals surface area contributed by atoms with Gasteiger partial charge in [0.1, 0.15) is 5.82 Å². The summed E-state index contributed by atoms with van der Waals surface area (Å²) in [6, 6.07) is 12.0. The first-order chi connectivity index (χ1) is 9.29. The van der Waals surface area contributed by atoms with E-state index in [0.29, 0.717) is 13.0 Å². The average molecular weight is 258 g/mol. The van der Waals surface area contributed by atoms with Gasteiger partial charge in [0.25, 0.3) is 0 Å². The molecule has 5 nitrogen and oxygen atoms in total. The number of anilines is 1. The zero-order valence-electron chi connectivity index (χ0n) is 10.7. The van der Waals surface area contributed by atoms with Crippen molar-refractivity contribution in [3.63, 3.8) is 0 Å². The van der Waals surface area contributed by atoms with Crippen LogP contribution in [0.2, 0.25) is 0 Å². The van der Waals surface area contributed by atoms with E-state index in [1.807, 2.05) is 18.2 Å². The summed E-state index contributed by atoms with van der Waals surface area (Å²) in [4.78, 5) is 11.5. The lowest BCUT2D eigenvalue weighted by Gasteiger charge is -2.08. The quantitative estimate of drug-likeness (QED) is 0.823. The summed E-state index contributed by atoms with van der Waals surface area (Å²) in [7, 11) is 0. The Balaban J connectivity index is 1.94. The van der Waals surface area contributed by atoms with Crippen molar-refractivity contribution < 1.29 is 4.79 Å². The Morgan fingerprint density at radius 2 is 2.05 bits per heavy atom. The van der Waals surface area contributed by atoms with Crippen molar-refractivity contribution in [2.24, 2.45) is 5.73 Å². The molecule has 2 aromatic rings. The molecule has 0 saturated carbocycles. The Morgan fingerprint density at radius 1 is 1.26 bits per heavy atom. The number of hydrogen-bond donors (Lipinski definition) is 2. The van der Waals surface area contributed by atoms with E-state index in [-0.39, 0.29) is 5.91 Å². The van der Waals surface area contributed by atoms with Gasteiger partial charge in [-0.3, -0.25) is 4.79 Å². The van der Waals surface area contributed by atoms with E-state index in [1.165, 1.54) is 5.56 Å². The fourth-order valence-corrected chi connectivity index (χ4v) is 1.83. The van der Waals surface area contributed by atoms with E-state index in [2.05, 4.69) is 22.5 Å². The fraction of sp³-hybridized carbons (Fsp3) is 0.286. The summed E-state index contributed by atoms with van der Waals surface area (Å²) < 4.78 is 1.79. The topological polar surface area (TPSA) is 72.9 Å². The minimum Gasteiger partial charge on any atom is -0.330 e. The number of aromatic nitrogens is 2. The normalized spacial score (nSPS) is 10.4. The Hall–Kier alpha value is -2.14. The van der Waals surface area contributed by atoms with Crippen LogP contribution in [0, 0.1) is 0 Å². The Labute approximate surface area is 112 Å². The third-order valence-corrected chi connectivity index (χ3v) is 2.81. The predicted octanol–water partition coefficient (Wildman–Crippen LogP) is 1.41. The molecule has 0 aliphatic rings. The van der Waals surface area contributed by atoms with Crippen LogP contribution >= 0.6 is 0 Å². The molecule has 1 aromatic heterocycles. The molecule has 1 amide bonds. The Morgan fingerprint density at radius 3 is 2.79 bits per heavy atom. The standard InChI is InChI=1S/C14H18N4O/c15-9-6-14(19)17-13-7-10-16-18(13)11-8-12-4-2-1-3-5-12/h1-5,7,10H,6,8-9,11,15H2,(H,17,19). The molecule has 3 N–H and O–H groups in total. The van der Waals surface area contributed by atoms with Gasteiger partial charge in [0, 0.05) is 25.6 Å². The third-order valence-electron chi connectivity index (χ3n) is 2.81. The molecule has 1 heterocycles. The van der Waals surface area contributed by atoms with Gasteiger partial charge in [0.2, 0.25) is 5.91 Å². The molecule has 19 heavy (non-hydrogen) atoms. The highest BCUT2D eigenvalue weighted by Gasteiger charge is 2.06. The average Bonchev–Trinajstić information content (AvgIpc) is 2.85. The van der Waals surface area contributed by atoms with Crippen LogP contribution in [-0.4, -0.2) is 22.2 Å². The van der Waals surface area contributed by atoms with Gasteiger partial charge >= 0.3 is 0 Å². The molecule has 0 saturated heterocycles. The lowest BCUT2D eigenvalue weighted by Crippen LogP contribution is -2.19. The van der Waals surface area contributed by atoms with Crippen molar-refractivity contribution >= 4 is 11.7 Å². The lowest BCUT2D eigenvalue weighted by atomic mass is 10.1. The summed E-state index contributed by atoms with van der Waals surface area (Å²) >= 11 is 0. The summed E-state index contributed by atoms with van der Waals surface area (Å²) in [6.45, 7) is 1.08. The molecule has 0 bridgehead atoms. The number of benzene rings is 1. The minimum absolute atomic E-state index is 0.0797. The van der Waals surface area contributed by atoms with Gasteiger partial charge in [-0.2, -0.15) is 5.10 Å². The number of nitrogens with zero attached hydrogens (tertiary/aromatic N) is 2. The number of amides is 1. The number of aryl methyl sites for hydroxylation is 2. The van der Waals surface area contributed by atoms with Crippen LogP contribution in [0.4, 0.5) is 5.82 Å². The number of carbonyl (C=O) groups excluding carboxylic acids is 1. The maximum Gasteiger partial charge on any atom is 0.226 e. The maximum absolute atomic E-state index is 11.5. The fourth-order valence-electron chi connectivity index (χ4n) is 1.83. The second kappa shape index (κ2) is 6.70. The number of hydrogen-bond acceptors (Lipinski definition) is 3. The van der Waals surface area contributed by atoms with Crippen LogP contribution < -0.4 is 11.1 Å². The summed E-state index contributed by atoms with van der Waals surface area (Å²) in [6.07, 6.45) is 2.88. The monoisotopic (exact) mass is 258 g/mol. The first-order valence-electron chi connectivity index (χ1n) is 6.35. The number of carbonyl (C=O) groups is 1. The highest BCUT2D eigenvalue weighted by Crippen LogP contribution is 2.09. The first kappa shape index (κ1) is 13.3. The van der Waals surface area contributed by atoms with E-state index < -0.39 is 0 Å². The van der Waals surface area contributed by atoms with Crippen molar-refractivity contribution in [3.8, 4) is 0 Å². The third kappa shape index (κ3) is 3.93. The maximum atomic E-state index is 11.5. The highest BCUT2D eigenvalue weighted by atomic mass is 16.1. The predicted molar refractivity (Wildman–Crippen MR) is 74.7 cm³/mol. The molecule has 100 valence electrons. The number of nitrogens with two attached hydrogens (primary N) is 1. The van der Waals surface area contributed by atoms with Gasteiger partial charge in [-0.1, -0.05) is 30.3 Å². The van der Waals surface area contributed by atoms with Gasteiger partial charge in [0.05, 0.1) is 6.20 Å². The van der Waals surface area contributed by atoms with Gasteiger partial charge in [0.15, 0.2) is 0 Å². The van der Waals surface area contributed by atoms with E-state index in [4.69, 9.17) is 5.73 Å². The molecule has 0 atom stereocenters. The summed E-state index contributed by atoms with van der Waals surface area (Å²) in [5.74, 6) is 0.637. The molecule has 0 spiro atoms. The van der Waals surface area contributed by atoms with Crippen molar-refractivity contribution in [3.05, 3.63) is 48.2 Å². The molecule has 5 heteroatoms. The summed E-state index contributed by atoms with van der Waals surface area (Å²) in [5, 5.41) is 7.02. The minimum atomic E-state index is -0.0797. The van der Waals surface area contributed by atoms with Crippen LogP contribution in [0.3, 0.4) is 0 Å². The van der Waals surface area contributed by atoms with Crippen molar-refractivity contribution in [2.45, 2.75) is 19.4 Å². The van der Waals surface area contributed by atoms with Crippen LogP contribution in [0.5, 0.6) is 0 Å². The molecule has 1 aromatic carbocycles. The zero-order chi connectivity index (χ0) is 13.5. The number of rotatable bonds is 6. The molecule has 0 unspecified atom stereocenters. The second-order valence-electron chi connectivity index (χ2n) is 4.26. The van der Waals surface area contributed by atoms with Crippen molar-refractivity contribution in [1.82, 2.24) is 9.78 Å². The highest BCUT2D eigenvalue weighted by molar-refractivity contribution is 5.89. The summed E-state index contributed by atoms with van der Waals surface area (Å²) in [5.41, 5.74) is 6.60. The molecule has 0 fully saturated rings. The van der Waals surface area contributed by atoms with Crippen LogP contribution in [-0.2, 0) is 17.8 Å². The zero-order valence-corrected chi connectivity index (χ0v) is 10.7. The van der Waals surface area contributed by atoms with E-state index in [0.717, 1.165) is 18.8 Å². The van der Waals surface area contributed by atoms with Gasteiger partial charge < -0.3 is 11.1 Å². The molecular formula is C14H18N4O. The van der Waals surface area contributed by atoms with Crippen LogP contribution in [0.1, 0.15) is 12.0 Å². The first-order valence-corrected chi connectivity index (χ1v) is 6.35. The SMILES string of the molecule is NCCC(=O)Nc1ccnn1CCc1ccccc1. The van der Waals surface area contributed by atoms with Crippen LogP contribution in [0.15, 0.2) is 42.6 Å². The molecular weight excluding hydrogens is 240 g/mol. The molecule has 0 radical (unpaired) electrons. The second-order valence-corrected chi connectivity index (χ2v) is 4.26. The van der Waals surface area contributed by atoms with Crippen LogP contribution in [0.25, 0.3) is 0 Å².